The number of hydrogen-bond donors (Lipinski definition) is 1. The van der Waals surface area contributed by atoms with Crippen molar-refractivity contribution in [2.24, 2.45) is 0 Å². The van der Waals surface area contributed by atoms with Crippen LogP contribution in [0.5, 0.6) is 0 Å². The van der Waals surface area contributed by atoms with Crippen LogP contribution in [0.15, 0.2) is 12.1 Å². The van der Waals surface area contributed by atoms with Crippen molar-refractivity contribution >= 4 is 38.5 Å². The predicted molar refractivity (Wildman–Crippen MR) is 131 cm³/mol. The minimum absolute atomic E-state index is 0.523. The molecule has 0 aliphatic heterocycles. The van der Waals surface area contributed by atoms with Crippen molar-refractivity contribution in [3.8, 4) is 0 Å². The van der Waals surface area contributed by atoms with Gasteiger partial charge in [-0.15, -0.1) is 0 Å². The largest absolute Gasteiger partial charge is 0.416 e. The van der Waals surface area contributed by atoms with E-state index >= 15 is 0 Å². The lowest BCUT2D eigenvalue weighted by Crippen LogP contribution is -2.72. The summed E-state index contributed by atoms with van der Waals surface area (Å²) in [6.07, 6.45) is 0. The fourth-order valence-corrected chi connectivity index (χ4v) is 38.8. The molecule has 1 rings (SSSR count). The molecule has 2 nitrogen and oxygen atoms in total. The Labute approximate surface area is 167 Å². The third-order valence-electron chi connectivity index (χ3n) is 5.26. The van der Waals surface area contributed by atoms with E-state index in [2.05, 4.69) is 103 Å². The van der Waals surface area contributed by atoms with Gasteiger partial charge in [-0.2, -0.15) is 0 Å². The van der Waals surface area contributed by atoms with Gasteiger partial charge in [-0.05, 0) is 43.2 Å². The third kappa shape index (κ3) is 5.01. The summed E-state index contributed by atoms with van der Waals surface area (Å²) >= 11 is 0. The van der Waals surface area contributed by atoms with Crippen molar-refractivity contribution in [3.63, 3.8) is 0 Å². The molecular weight excluding hydrogens is 383 g/mol. The summed E-state index contributed by atoms with van der Waals surface area (Å²) in [5.41, 5.74) is 5.28. The van der Waals surface area contributed by atoms with Gasteiger partial charge in [0.25, 0.3) is 8.48 Å². The molecule has 0 radical (unpaired) electrons. The first kappa shape index (κ1) is 23.9. The average molecular weight is 426 g/mol. The Morgan fingerprint density at radius 2 is 1.08 bits per heavy atom. The Bertz CT molecular complexity index is 614. The SMILES string of the molecule is Cc1cc(C)c(N([Si](C)(C)C)[Si](C)(O)C([Si](C)(C)C)[Si](C)(C)C)c(C)c1. The monoisotopic (exact) mass is 425 g/mol. The van der Waals surface area contributed by atoms with Gasteiger partial charge in [0.15, 0.2) is 0 Å². The second-order valence-electron chi connectivity index (χ2n) is 11.5. The molecule has 0 aliphatic carbocycles. The Morgan fingerprint density at radius 1 is 0.731 bits per heavy atom. The Hall–Kier alpha value is -0.152. The number of rotatable bonds is 6. The van der Waals surface area contributed by atoms with Gasteiger partial charge in [-0.3, -0.25) is 0 Å². The van der Waals surface area contributed by atoms with E-state index in [0.29, 0.717) is 4.79 Å². The molecule has 26 heavy (non-hydrogen) atoms. The fourth-order valence-electron chi connectivity index (χ4n) is 5.83. The summed E-state index contributed by atoms with van der Waals surface area (Å²) in [6, 6.07) is 4.58. The number of benzene rings is 1. The minimum atomic E-state index is -2.67. The van der Waals surface area contributed by atoms with E-state index in [4.69, 9.17) is 0 Å². The predicted octanol–water partition coefficient (Wildman–Crippen LogP) is 6.44. The zero-order chi connectivity index (χ0) is 20.9. The number of aryl methyl sites for hydroxylation is 3. The van der Waals surface area contributed by atoms with Crippen molar-refractivity contribution in [2.45, 2.75) is 91.0 Å². The molecule has 0 heterocycles. The van der Waals surface area contributed by atoms with E-state index in [1.54, 1.807) is 0 Å². The molecule has 1 atom stereocenters. The van der Waals surface area contributed by atoms with Gasteiger partial charge in [0.2, 0.25) is 0 Å². The molecule has 6 heteroatoms. The molecule has 1 aromatic carbocycles. The van der Waals surface area contributed by atoms with Crippen LogP contribution in [0, 0.1) is 20.8 Å². The quantitative estimate of drug-likeness (QED) is 0.530. The number of hydrogen-bond acceptors (Lipinski definition) is 2. The van der Waals surface area contributed by atoms with Crippen LogP contribution >= 0.6 is 0 Å². The molecule has 1 aromatic rings. The number of anilines is 1. The maximum Gasteiger partial charge on any atom is 0.284 e. The molecule has 0 aromatic heterocycles. The fraction of sp³-hybridized carbons (Fsp3) is 0.700. The molecular formula is C20H43NOSi4. The molecule has 0 bridgehead atoms. The molecule has 0 saturated heterocycles. The summed E-state index contributed by atoms with van der Waals surface area (Å²) in [4.78, 5) is 12.9. The molecule has 150 valence electrons. The Morgan fingerprint density at radius 3 is 1.35 bits per heavy atom. The van der Waals surface area contributed by atoms with E-state index in [-0.39, 0.29) is 0 Å². The van der Waals surface area contributed by atoms with Crippen molar-refractivity contribution in [1.29, 1.82) is 0 Å². The molecule has 0 spiro atoms. The molecule has 0 saturated carbocycles. The second-order valence-corrected chi connectivity index (χ2v) is 32.3. The highest BCUT2D eigenvalue weighted by molar-refractivity contribution is 7.15. The normalized spacial score (nSPS) is 16.0. The zero-order valence-corrected chi connectivity index (χ0v) is 23.6. The summed E-state index contributed by atoms with van der Waals surface area (Å²) < 4.78 is 2.62. The van der Waals surface area contributed by atoms with Crippen LogP contribution in [-0.2, 0) is 0 Å². The van der Waals surface area contributed by atoms with E-state index in [9.17, 15) is 4.80 Å². The van der Waals surface area contributed by atoms with Gasteiger partial charge in [0.05, 0.1) is 0 Å². The lowest BCUT2D eigenvalue weighted by molar-refractivity contribution is 0.542. The van der Waals surface area contributed by atoms with Gasteiger partial charge in [-0.1, -0.05) is 76.6 Å². The van der Waals surface area contributed by atoms with Crippen LogP contribution in [0.1, 0.15) is 16.7 Å². The molecule has 0 aliphatic rings. The van der Waals surface area contributed by atoms with Crippen LogP contribution in [-0.4, -0.2) is 37.7 Å². The van der Waals surface area contributed by atoms with E-state index < -0.39 is 32.9 Å². The topological polar surface area (TPSA) is 23.5 Å². The lowest BCUT2D eigenvalue weighted by Gasteiger charge is -2.55. The maximum atomic E-state index is 12.4. The summed E-state index contributed by atoms with van der Waals surface area (Å²) in [7, 11) is -7.49. The summed E-state index contributed by atoms with van der Waals surface area (Å²) in [6.45, 7) is 30.9. The highest BCUT2D eigenvalue weighted by atomic mass is 28.5. The highest BCUT2D eigenvalue weighted by Gasteiger charge is 2.56. The van der Waals surface area contributed by atoms with E-state index in [1.807, 2.05) is 0 Å². The Kier molecular flexibility index (Phi) is 6.75. The van der Waals surface area contributed by atoms with Crippen LogP contribution in [0.25, 0.3) is 0 Å². The van der Waals surface area contributed by atoms with Crippen molar-refractivity contribution < 1.29 is 4.80 Å². The van der Waals surface area contributed by atoms with Gasteiger partial charge in [0.1, 0.15) is 8.24 Å². The smallest absolute Gasteiger partial charge is 0.284 e. The Balaban J connectivity index is 3.80. The van der Waals surface area contributed by atoms with Crippen molar-refractivity contribution in [1.82, 2.24) is 0 Å². The molecule has 0 fully saturated rings. The first-order chi connectivity index (χ1) is 11.3. The van der Waals surface area contributed by atoms with E-state index in [1.165, 1.54) is 22.4 Å². The van der Waals surface area contributed by atoms with Crippen LogP contribution in [0.4, 0.5) is 5.69 Å². The van der Waals surface area contributed by atoms with Crippen LogP contribution < -0.4 is 4.23 Å². The van der Waals surface area contributed by atoms with Gasteiger partial charge in [0, 0.05) is 21.8 Å². The van der Waals surface area contributed by atoms with E-state index in [0.717, 1.165) is 0 Å². The summed E-state index contributed by atoms with van der Waals surface area (Å²) in [5, 5.41) is 0. The van der Waals surface area contributed by atoms with Gasteiger partial charge >= 0.3 is 0 Å². The number of nitrogens with zero attached hydrogens (tertiary/aromatic N) is 1. The first-order valence-electron chi connectivity index (χ1n) is 9.92. The lowest BCUT2D eigenvalue weighted by atomic mass is 10.1. The molecule has 0 amide bonds. The maximum absolute atomic E-state index is 12.4. The van der Waals surface area contributed by atoms with Gasteiger partial charge < -0.3 is 9.03 Å². The standard InChI is InChI=1S/C20H43NOSi4/c1-16-14-17(2)19(18(3)15-16)21(25(10,11)12)26(13,22)20(23(4,5)6)24(7,8)9/h14-15,20,22H,1-13H3. The van der Waals surface area contributed by atoms with Crippen LogP contribution in [0.3, 0.4) is 0 Å². The average Bonchev–Trinajstić information content (AvgIpc) is 2.26. The highest BCUT2D eigenvalue weighted by Crippen LogP contribution is 2.45. The summed E-state index contributed by atoms with van der Waals surface area (Å²) in [5.74, 6) is 0. The zero-order valence-electron chi connectivity index (χ0n) is 19.6. The van der Waals surface area contributed by atoms with Crippen molar-refractivity contribution in [2.75, 3.05) is 4.23 Å². The van der Waals surface area contributed by atoms with Crippen LogP contribution in [0.2, 0.25) is 70.3 Å². The first-order valence-corrected chi connectivity index (χ1v) is 23.0. The van der Waals surface area contributed by atoms with Crippen molar-refractivity contribution in [3.05, 3.63) is 28.8 Å². The second kappa shape index (κ2) is 7.35. The molecule has 1 N–H and O–H groups in total. The third-order valence-corrected chi connectivity index (χ3v) is 29.6. The molecule has 1 unspecified atom stereocenters. The minimum Gasteiger partial charge on any atom is -0.416 e. The van der Waals surface area contributed by atoms with Gasteiger partial charge in [-0.25, -0.2) is 0 Å².